The normalized spacial score (nSPS) is 15.4. The maximum Gasteiger partial charge on any atom is 0.252 e. The van der Waals surface area contributed by atoms with Crippen molar-refractivity contribution in [2.75, 3.05) is 39.3 Å². The molecule has 1 aliphatic heterocycles. The molecule has 0 radical (unpaired) electrons. The van der Waals surface area contributed by atoms with Crippen LogP contribution < -0.4 is 10.6 Å². The van der Waals surface area contributed by atoms with Crippen LogP contribution in [-0.4, -0.2) is 64.8 Å². The molecule has 0 unspecified atom stereocenters. The highest BCUT2D eigenvalue weighted by molar-refractivity contribution is 5.93. The lowest BCUT2D eigenvalue weighted by molar-refractivity contribution is 0.0947. The monoisotopic (exact) mass is 328 g/mol. The molecule has 0 atom stereocenters. The van der Waals surface area contributed by atoms with Gasteiger partial charge in [-0.25, -0.2) is 9.67 Å². The summed E-state index contributed by atoms with van der Waals surface area (Å²) >= 11 is 0. The van der Waals surface area contributed by atoms with Gasteiger partial charge in [0.1, 0.15) is 0 Å². The third-order valence-corrected chi connectivity index (χ3v) is 4.16. The molecule has 1 amide bonds. The number of aryl methyl sites for hydroxylation is 2. The quantitative estimate of drug-likeness (QED) is 0.837. The van der Waals surface area contributed by atoms with Crippen molar-refractivity contribution in [1.29, 1.82) is 0 Å². The van der Waals surface area contributed by atoms with Crippen LogP contribution in [0.3, 0.4) is 0 Å². The van der Waals surface area contributed by atoms with Gasteiger partial charge in [-0.3, -0.25) is 9.69 Å². The highest BCUT2D eigenvalue weighted by Gasteiger charge is 2.11. The number of nitrogens with zero attached hydrogens (tertiary/aromatic N) is 4. The van der Waals surface area contributed by atoms with Crippen molar-refractivity contribution in [2.24, 2.45) is 0 Å². The van der Waals surface area contributed by atoms with Crippen molar-refractivity contribution < 1.29 is 4.79 Å². The lowest BCUT2D eigenvalue weighted by Gasteiger charge is -2.27. The molecule has 7 nitrogen and oxygen atoms in total. The van der Waals surface area contributed by atoms with Gasteiger partial charge in [-0.1, -0.05) is 0 Å². The second-order valence-corrected chi connectivity index (χ2v) is 6.09. The summed E-state index contributed by atoms with van der Waals surface area (Å²) < 4.78 is 1.78. The van der Waals surface area contributed by atoms with E-state index in [-0.39, 0.29) is 5.91 Å². The Hall–Kier alpha value is -2.25. The van der Waals surface area contributed by atoms with E-state index in [1.54, 1.807) is 16.9 Å². The maximum absolute atomic E-state index is 12.2. The van der Waals surface area contributed by atoms with Crippen molar-refractivity contribution in [3.8, 4) is 5.82 Å². The number of hydrogen-bond donors (Lipinski definition) is 2. The minimum Gasteiger partial charge on any atom is -0.351 e. The molecule has 2 N–H and O–H groups in total. The fourth-order valence-corrected chi connectivity index (χ4v) is 2.87. The van der Waals surface area contributed by atoms with E-state index in [0.717, 1.165) is 49.9 Å². The summed E-state index contributed by atoms with van der Waals surface area (Å²) in [5.41, 5.74) is 2.54. The molecule has 2 aromatic heterocycles. The molecule has 3 heterocycles. The van der Waals surface area contributed by atoms with Gasteiger partial charge in [0.05, 0.1) is 11.3 Å². The molecule has 0 spiro atoms. The largest absolute Gasteiger partial charge is 0.351 e. The first-order valence-electron chi connectivity index (χ1n) is 8.34. The third-order valence-electron chi connectivity index (χ3n) is 4.16. The zero-order chi connectivity index (χ0) is 16.9. The third kappa shape index (κ3) is 3.98. The van der Waals surface area contributed by atoms with E-state index >= 15 is 0 Å². The molecule has 0 saturated carbocycles. The Labute approximate surface area is 142 Å². The molecular weight excluding hydrogens is 304 g/mol. The Morgan fingerprint density at radius 2 is 2.08 bits per heavy atom. The van der Waals surface area contributed by atoms with Crippen molar-refractivity contribution in [3.05, 3.63) is 41.3 Å². The Balaban J connectivity index is 1.54. The topological polar surface area (TPSA) is 75.1 Å². The number of nitrogens with one attached hydrogen (secondary N) is 2. The van der Waals surface area contributed by atoms with Crippen LogP contribution in [0.2, 0.25) is 0 Å². The van der Waals surface area contributed by atoms with E-state index < -0.39 is 0 Å². The standard InChI is InChI=1S/C17H24N6O/c1-13-11-14(2)23(21-13)16-4-3-15(12-20-16)17(24)19-7-10-22-8-5-18-6-9-22/h3-4,11-12,18H,5-10H2,1-2H3,(H,19,24). The fourth-order valence-electron chi connectivity index (χ4n) is 2.87. The first kappa shape index (κ1) is 16.6. The number of rotatable bonds is 5. The molecule has 0 aliphatic carbocycles. The first-order chi connectivity index (χ1) is 11.6. The van der Waals surface area contributed by atoms with Gasteiger partial charge in [0.25, 0.3) is 5.91 Å². The Morgan fingerprint density at radius 1 is 1.29 bits per heavy atom. The van der Waals surface area contributed by atoms with Crippen LogP contribution in [0.1, 0.15) is 21.7 Å². The van der Waals surface area contributed by atoms with E-state index in [9.17, 15) is 4.79 Å². The average molecular weight is 328 g/mol. The molecule has 2 aromatic rings. The molecule has 1 aliphatic rings. The predicted octanol–water partition coefficient (Wildman–Crippen LogP) is 0.519. The summed E-state index contributed by atoms with van der Waals surface area (Å²) in [5.74, 6) is 0.635. The van der Waals surface area contributed by atoms with Gasteiger partial charge in [0, 0.05) is 51.2 Å². The smallest absolute Gasteiger partial charge is 0.252 e. The van der Waals surface area contributed by atoms with Gasteiger partial charge in [-0.15, -0.1) is 0 Å². The number of aromatic nitrogens is 3. The van der Waals surface area contributed by atoms with Crippen LogP contribution in [0.5, 0.6) is 0 Å². The van der Waals surface area contributed by atoms with Crippen LogP contribution in [0.25, 0.3) is 5.82 Å². The van der Waals surface area contributed by atoms with Crippen LogP contribution in [0.4, 0.5) is 0 Å². The second kappa shape index (κ2) is 7.55. The Kier molecular flexibility index (Phi) is 5.22. The van der Waals surface area contributed by atoms with Crippen molar-refractivity contribution in [1.82, 2.24) is 30.3 Å². The molecule has 3 rings (SSSR count). The van der Waals surface area contributed by atoms with Crippen molar-refractivity contribution in [3.63, 3.8) is 0 Å². The van der Waals surface area contributed by atoms with Crippen molar-refractivity contribution >= 4 is 5.91 Å². The molecule has 24 heavy (non-hydrogen) atoms. The summed E-state index contributed by atoms with van der Waals surface area (Å²) in [5, 5.41) is 10.7. The SMILES string of the molecule is Cc1cc(C)n(-c2ccc(C(=O)NCCN3CCNCC3)cn2)n1. The van der Waals surface area contributed by atoms with Gasteiger partial charge in [-0.05, 0) is 32.0 Å². The molecule has 7 heteroatoms. The number of hydrogen-bond acceptors (Lipinski definition) is 5. The summed E-state index contributed by atoms with van der Waals surface area (Å²) in [4.78, 5) is 18.9. The number of carbonyl (C=O) groups excluding carboxylic acids is 1. The summed E-state index contributed by atoms with van der Waals surface area (Å²) in [7, 11) is 0. The maximum atomic E-state index is 12.2. The van der Waals surface area contributed by atoms with Crippen LogP contribution in [0, 0.1) is 13.8 Å². The van der Waals surface area contributed by atoms with E-state index in [1.165, 1.54) is 0 Å². The summed E-state index contributed by atoms with van der Waals surface area (Å²) in [6.45, 7) is 9.58. The zero-order valence-corrected chi connectivity index (χ0v) is 14.2. The summed E-state index contributed by atoms with van der Waals surface area (Å²) in [6, 6.07) is 5.61. The highest BCUT2D eigenvalue weighted by Crippen LogP contribution is 2.10. The summed E-state index contributed by atoms with van der Waals surface area (Å²) in [6.07, 6.45) is 1.60. The zero-order valence-electron chi connectivity index (χ0n) is 14.2. The van der Waals surface area contributed by atoms with Crippen molar-refractivity contribution in [2.45, 2.75) is 13.8 Å². The van der Waals surface area contributed by atoms with E-state index in [1.807, 2.05) is 26.0 Å². The minimum absolute atomic E-state index is 0.0856. The van der Waals surface area contributed by atoms with Gasteiger partial charge in [0.15, 0.2) is 5.82 Å². The number of piperazine rings is 1. The second-order valence-electron chi connectivity index (χ2n) is 6.09. The fraction of sp³-hybridized carbons (Fsp3) is 0.471. The van der Waals surface area contributed by atoms with Gasteiger partial charge >= 0.3 is 0 Å². The lowest BCUT2D eigenvalue weighted by Crippen LogP contribution is -2.46. The molecule has 1 fully saturated rings. The van der Waals surface area contributed by atoms with E-state index in [0.29, 0.717) is 12.1 Å². The van der Waals surface area contributed by atoms with E-state index in [2.05, 4.69) is 25.6 Å². The number of carbonyl (C=O) groups is 1. The number of amides is 1. The first-order valence-corrected chi connectivity index (χ1v) is 8.34. The molecule has 1 saturated heterocycles. The Bertz CT molecular complexity index is 688. The van der Waals surface area contributed by atoms with Gasteiger partial charge in [-0.2, -0.15) is 5.10 Å². The minimum atomic E-state index is -0.0856. The average Bonchev–Trinajstić information content (AvgIpc) is 2.94. The molecular formula is C17H24N6O. The molecule has 0 aromatic carbocycles. The predicted molar refractivity (Wildman–Crippen MR) is 92.5 cm³/mol. The molecule has 128 valence electrons. The highest BCUT2D eigenvalue weighted by atomic mass is 16.1. The van der Waals surface area contributed by atoms with Crippen LogP contribution >= 0.6 is 0 Å². The van der Waals surface area contributed by atoms with E-state index in [4.69, 9.17) is 0 Å². The van der Waals surface area contributed by atoms with Crippen LogP contribution in [-0.2, 0) is 0 Å². The lowest BCUT2D eigenvalue weighted by atomic mass is 10.2. The van der Waals surface area contributed by atoms with Gasteiger partial charge < -0.3 is 10.6 Å². The van der Waals surface area contributed by atoms with Gasteiger partial charge in [0.2, 0.25) is 0 Å². The number of pyridine rings is 1. The molecule has 0 bridgehead atoms. The van der Waals surface area contributed by atoms with Crippen LogP contribution in [0.15, 0.2) is 24.4 Å². The Morgan fingerprint density at radius 3 is 2.71 bits per heavy atom.